The Balaban J connectivity index is 2.53. The molecule has 0 spiro atoms. The number of aliphatic hydroxyl groups is 1. The molecule has 0 bridgehead atoms. The lowest BCUT2D eigenvalue weighted by Crippen LogP contribution is -2.34. The van der Waals surface area contributed by atoms with Crippen molar-refractivity contribution < 1.29 is 18.3 Å². The third kappa shape index (κ3) is 5.06. The predicted octanol–water partition coefficient (Wildman–Crippen LogP) is 3.04. The summed E-state index contributed by atoms with van der Waals surface area (Å²) in [6, 6.07) is 6.21. The highest BCUT2D eigenvalue weighted by atomic mass is 19.4. The molecule has 1 aromatic carbocycles. The van der Waals surface area contributed by atoms with E-state index in [1.165, 1.54) is 12.1 Å². The molecule has 0 aliphatic carbocycles. The zero-order chi connectivity index (χ0) is 13.4. The number of hydrogen-bond donors (Lipinski definition) is 2. The van der Waals surface area contributed by atoms with Crippen molar-refractivity contribution in [3.05, 3.63) is 35.9 Å². The van der Waals surface area contributed by atoms with Gasteiger partial charge in [0.05, 0.1) is 0 Å². The summed E-state index contributed by atoms with van der Waals surface area (Å²) in [6.45, 7) is 0.375. The van der Waals surface area contributed by atoms with Crippen LogP contribution in [-0.2, 0) is 0 Å². The molecular formula is C13H18F3NO. The first-order valence-corrected chi connectivity index (χ1v) is 6.01. The molecule has 102 valence electrons. The minimum absolute atomic E-state index is 0.0847. The third-order valence-corrected chi connectivity index (χ3v) is 2.64. The highest BCUT2D eigenvalue weighted by Crippen LogP contribution is 2.32. The Morgan fingerprint density at radius 3 is 2.28 bits per heavy atom. The van der Waals surface area contributed by atoms with Gasteiger partial charge in [-0.25, -0.2) is 0 Å². The molecule has 1 unspecified atom stereocenters. The van der Waals surface area contributed by atoms with E-state index in [9.17, 15) is 13.2 Å². The topological polar surface area (TPSA) is 32.3 Å². The van der Waals surface area contributed by atoms with Crippen molar-refractivity contribution in [2.24, 2.45) is 0 Å². The average molecular weight is 261 g/mol. The fourth-order valence-electron chi connectivity index (χ4n) is 1.73. The largest absolute Gasteiger partial charge is 0.407 e. The predicted molar refractivity (Wildman–Crippen MR) is 64.2 cm³/mol. The van der Waals surface area contributed by atoms with Crippen molar-refractivity contribution in [1.29, 1.82) is 0 Å². The van der Waals surface area contributed by atoms with Crippen LogP contribution in [0.25, 0.3) is 0 Å². The van der Waals surface area contributed by atoms with E-state index in [4.69, 9.17) is 5.11 Å². The summed E-state index contributed by atoms with van der Waals surface area (Å²) in [5.74, 6) is 0. The number of rotatable bonds is 7. The van der Waals surface area contributed by atoms with E-state index in [0.29, 0.717) is 19.4 Å². The Labute approximate surface area is 105 Å². The maximum Gasteiger partial charge on any atom is 0.407 e. The first-order valence-electron chi connectivity index (χ1n) is 6.01. The Morgan fingerprint density at radius 1 is 1.06 bits per heavy atom. The monoisotopic (exact) mass is 261 g/mol. The molecule has 0 aromatic heterocycles. The van der Waals surface area contributed by atoms with Crippen molar-refractivity contribution in [2.75, 3.05) is 13.2 Å². The highest BCUT2D eigenvalue weighted by Gasteiger charge is 2.40. The van der Waals surface area contributed by atoms with Crippen LogP contribution in [0.4, 0.5) is 13.2 Å². The van der Waals surface area contributed by atoms with Gasteiger partial charge in [-0.15, -0.1) is 0 Å². The van der Waals surface area contributed by atoms with Crippen molar-refractivity contribution in [3.63, 3.8) is 0 Å². The fraction of sp³-hybridized carbons (Fsp3) is 0.538. The van der Waals surface area contributed by atoms with Gasteiger partial charge in [-0.1, -0.05) is 30.3 Å². The Hall–Kier alpha value is -1.07. The lowest BCUT2D eigenvalue weighted by molar-refractivity contribution is -0.157. The molecule has 2 nitrogen and oxygen atoms in total. The molecule has 0 saturated carbocycles. The van der Waals surface area contributed by atoms with E-state index in [1.54, 1.807) is 18.2 Å². The summed E-state index contributed by atoms with van der Waals surface area (Å²) in [5.41, 5.74) is 0.229. The Bertz CT molecular complexity index is 327. The standard InChI is InChI=1S/C13H18F3NO/c14-13(15,16)12(11-7-3-1-4-8-11)17-9-5-2-6-10-18/h1,3-4,7-8,12,17-18H,2,5-6,9-10H2. The van der Waals surface area contributed by atoms with Crippen LogP contribution in [0.3, 0.4) is 0 Å². The second-order valence-corrected chi connectivity index (χ2v) is 4.12. The van der Waals surface area contributed by atoms with E-state index in [1.807, 2.05) is 0 Å². The van der Waals surface area contributed by atoms with E-state index >= 15 is 0 Å². The molecule has 0 aliphatic rings. The van der Waals surface area contributed by atoms with Gasteiger partial charge in [0.2, 0.25) is 0 Å². The number of benzene rings is 1. The van der Waals surface area contributed by atoms with Crippen molar-refractivity contribution >= 4 is 0 Å². The van der Waals surface area contributed by atoms with E-state index in [2.05, 4.69) is 5.32 Å². The summed E-state index contributed by atoms with van der Waals surface area (Å²) < 4.78 is 38.6. The van der Waals surface area contributed by atoms with Crippen LogP contribution in [0.2, 0.25) is 0 Å². The minimum Gasteiger partial charge on any atom is -0.396 e. The number of hydrogen-bond acceptors (Lipinski definition) is 2. The minimum atomic E-state index is -4.29. The molecule has 0 amide bonds. The molecule has 18 heavy (non-hydrogen) atoms. The molecule has 0 heterocycles. The molecule has 5 heteroatoms. The molecule has 0 radical (unpaired) electrons. The van der Waals surface area contributed by atoms with Crippen LogP contribution >= 0.6 is 0 Å². The van der Waals surface area contributed by atoms with Gasteiger partial charge in [0, 0.05) is 6.61 Å². The summed E-state index contributed by atoms with van der Waals surface area (Å²) in [7, 11) is 0. The molecule has 1 aromatic rings. The maximum absolute atomic E-state index is 12.9. The molecule has 0 aliphatic heterocycles. The quantitative estimate of drug-likeness (QED) is 0.739. The second-order valence-electron chi connectivity index (χ2n) is 4.12. The average Bonchev–Trinajstić information content (AvgIpc) is 2.33. The molecule has 1 atom stereocenters. The maximum atomic E-state index is 12.9. The summed E-state index contributed by atoms with van der Waals surface area (Å²) in [4.78, 5) is 0. The lowest BCUT2D eigenvalue weighted by atomic mass is 10.1. The van der Waals surface area contributed by atoms with Crippen LogP contribution in [0.5, 0.6) is 0 Å². The van der Waals surface area contributed by atoms with Gasteiger partial charge in [-0.2, -0.15) is 13.2 Å². The lowest BCUT2D eigenvalue weighted by Gasteiger charge is -2.22. The van der Waals surface area contributed by atoms with Gasteiger partial charge in [0.25, 0.3) is 0 Å². The SMILES string of the molecule is OCCCCCNC(c1ccccc1)C(F)(F)F. The smallest absolute Gasteiger partial charge is 0.396 e. The van der Waals surface area contributed by atoms with Crippen LogP contribution in [-0.4, -0.2) is 24.4 Å². The van der Waals surface area contributed by atoms with Gasteiger partial charge < -0.3 is 10.4 Å². The van der Waals surface area contributed by atoms with Crippen molar-refractivity contribution in [2.45, 2.75) is 31.5 Å². The van der Waals surface area contributed by atoms with E-state index in [-0.39, 0.29) is 12.2 Å². The van der Waals surface area contributed by atoms with Crippen molar-refractivity contribution in [3.8, 4) is 0 Å². The first-order chi connectivity index (χ1) is 8.55. The van der Waals surface area contributed by atoms with Crippen LogP contribution in [0.1, 0.15) is 30.9 Å². The van der Waals surface area contributed by atoms with E-state index < -0.39 is 12.2 Å². The zero-order valence-electron chi connectivity index (χ0n) is 10.1. The summed E-state index contributed by atoms with van der Waals surface area (Å²) in [6.07, 6.45) is -2.31. The van der Waals surface area contributed by atoms with Gasteiger partial charge in [-0.05, 0) is 31.4 Å². The fourth-order valence-corrected chi connectivity index (χ4v) is 1.73. The van der Waals surface area contributed by atoms with Crippen molar-refractivity contribution in [1.82, 2.24) is 5.32 Å². The highest BCUT2D eigenvalue weighted by molar-refractivity contribution is 5.20. The molecule has 2 N–H and O–H groups in total. The third-order valence-electron chi connectivity index (χ3n) is 2.64. The molecule has 0 saturated heterocycles. The summed E-state index contributed by atoms with van der Waals surface area (Å²) in [5, 5.41) is 11.1. The van der Waals surface area contributed by atoms with Crippen LogP contribution in [0, 0.1) is 0 Å². The number of aliphatic hydroxyl groups excluding tert-OH is 1. The van der Waals surface area contributed by atoms with Gasteiger partial charge >= 0.3 is 6.18 Å². The van der Waals surface area contributed by atoms with Crippen LogP contribution in [0.15, 0.2) is 30.3 Å². The zero-order valence-corrected chi connectivity index (χ0v) is 10.1. The molecular weight excluding hydrogens is 243 g/mol. The second kappa shape index (κ2) is 7.38. The number of alkyl halides is 3. The van der Waals surface area contributed by atoms with Crippen LogP contribution < -0.4 is 5.32 Å². The Kier molecular flexibility index (Phi) is 6.15. The van der Waals surface area contributed by atoms with E-state index in [0.717, 1.165) is 6.42 Å². The number of nitrogens with one attached hydrogen (secondary N) is 1. The first kappa shape index (κ1) is 15.0. The Morgan fingerprint density at radius 2 is 1.72 bits per heavy atom. The number of halogens is 3. The van der Waals surface area contributed by atoms with Gasteiger partial charge in [-0.3, -0.25) is 0 Å². The summed E-state index contributed by atoms with van der Waals surface area (Å²) >= 11 is 0. The van der Waals surface area contributed by atoms with Gasteiger partial charge in [0.1, 0.15) is 6.04 Å². The number of unbranched alkanes of at least 4 members (excludes halogenated alkanes) is 2. The van der Waals surface area contributed by atoms with Gasteiger partial charge in [0.15, 0.2) is 0 Å². The molecule has 1 rings (SSSR count). The normalized spacial score (nSPS) is 13.6. The molecule has 0 fully saturated rings.